The van der Waals surface area contributed by atoms with Crippen molar-refractivity contribution < 1.29 is 4.52 Å². The molecule has 0 spiro atoms. The Hall–Kier alpha value is -1.09. The van der Waals surface area contributed by atoms with E-state index in [0.717, 1.165) is 10.6 Å². The summed E-state index contributed by atoms with van der Waals surface area (Å²) in [6.45, 7) is 2.07. The lowest BCUT2D eigenvalue weighted by Gasteiger charge is -1.82. The highest BCUT2D eigenvalue weighted by atomic mass is 32.1. The summed E-state index contributed by atoms with van der Waals surface area (Å²) >= 11 is 1.68. The Bertz CT molecular complexity index is 337. The molecule has 0 saturated carbocycles. The van der Waals surface area contributed by atoms with Gasteiger partial charge in [0, 0.05) is 6.07 Å². The lowest BCUT2D eigenvalue weighted by atomic mass is 10.3. The summed E-state index contributed by atoms with van der Waals surface area (Å²) in [5.74, 6) is 0. The van der Waals surface area contributed by atoms with Gasteiger partial charge in [0.1, 0.15) is 12.0 Å². The molecule has 0 aromatic carbocycles. The highest BCUT2D eigenvalue weighted by Crippen LogP contribution is 2.24. The Morgan fingerprint density at radius 1 is 1.55 bits per heavy atom. The van der Waals surface area contributed by atoms with E-state index in [1.54, 1.807) is 17.6 Å². The van der Waals surface area contributed by atoms with Crippen molar-refractivity contribution in [1.29, 1.82) is 0 Å². The van der Waals surface area contributed by atoms with E-state index in [4.69, 9.17) is 4.52 Å². The number of aromatic nitrogens is 1. The maximum atomic E-state index is 4.73. The third-order valence-electron chi connectivity index (χ3n) is 1.42. The topological polar surface area (TPSA) is 26.0 Å². The van der Waals surface area contributed by atoms with Gasteiger partial charge in [0.2, 0.25) is 0 Å². The molecule has 0 amide bonds. The maximum Gasteiger partial charge on any atom is 0.124 e. The Morgan fingerprint density at radius 3 is 3.00 bits per heavy atom. The lowest BCUT2D eigenvalue weighted by Crippen LogP contribution is -1.67. The third kappa shape index (κ3) is 1.19. The van der Waals surface area contributed by atoms with Gasteiger partial charge in [-0.05, 0) is 23.9 Å². The van der Waals surface area contributed by atoms with Crippen molar-refractivity contribution in [2.24, 2.45) is 0 Å². The fraction of sp³-hybridized carbons (Fsp3) is 0.125. The molecule has 2 aromatic heterocycles. The van der Waals surface area contributed by atoms with Crippen molar-refractivity contribution in [2.45, 2.75) is 6.92 Å². The van der Waals surface area contributed by atoms with Crippen LogP contribution >= 0.6 is 11.3 Å². The minimum absolute atomic E-state index is 0.920. The SMILES string of the molecule is Cc1csc(-c2ccon2)c1. The molecule has 0 bridgehead atoms. The summed E-state index contributed by atoms with van der Waals surface area (Å²) in [4.78, 5) is 1.16. The second-order valence-electron chi connectivity index (χ2n) is 2.37. The molecule has 2 aromatic rings. The zero-order chi connectivity index (χ0) is 7.68. The minimum Gasteiger partial charge on any atom is -0.364 e. The quantitative estimate of drug-likeness (QED) is 0.649. The number of aryl methyl sites for hydroxylation is 1. The van der Waals surface area contributed by atoms with Gasteiger partial charge in [-0.25, -0.2) is 0 Å². The average Bonchev–Trinajstić information content (AvgIpc) is 2.55. The molecule has 2 rings (SSSR count). The molecule has 2 nitrogen and oxygen atoms in total. The van der Waals surface area contributed by atoms with Crippen LogP contribution in [-0.2, 0) is 0 Å². The van der Waals surface area contributed by atoms with Crippen LogP contribution < -0.4 is 0 Å². The van der Waals surface area contributed by atoms with Crippen LogP contribution in [0.3, 0.4) is 0 Å². The second-order valence-corrected chi connectivity index (χ2v) is 3.28. The largest absolute Gasteiger partial charge is 0.364 e. The van der Waals surface area contributed by atoms with Gasteiger partial charge in [-0.1, -0.05) is 5.16 Å². The van der Waals surface area contributed by atoms with Gasteiger partial charge < -0.3 is 4.52 Å². The molecule has 0 fully saturated rings. The van der Waals surface area contributed by atoms with Gasteiger partial charge in [-0.3, -0.25) is 0 Å². The monoisotopic (exact) mass is 165 g/mol. The molecule has 2 heterocycles. The predicted octanol–water partition coefficient (Wildman–Crippen LogP) is 2.71. The Labute approximate surface area is 68.5 Å². The molecule has 0 aliphatic heterocycles. The van der Waals surface area contributed by atoms with Crippen molar-refractivity contribution in [3.05, 3.63) is 29.3 Å². The molecule has 0 saturated heterocycles. The van der Waals surface area contributed by atoms with Crippen LogP contribution in [0.1, 0.15) is 5.56 Å². The first-order valence-corrected chi connectivity index (χ1v) is 4.20. The molecule has 3 heteroatoms. The smallest absolute Gasteiger partial charge is 0.124 e. The molecular formula is C8H7NOS. The van der Waals surface area contributed by atoms with E-state index in [9.17, 15) is 0 Å². The van der Waals surface area contributed by atoms with E-state index in [0.29, 0.717) is 0 Å². The van der Waals surface area contributed by atoms with E-state index >= 15 is 0 Å². The Balaban J connectivity index is 2.45. The van der Waals surface area contributed by atoms with Crippen LogP contribution in [0.25, 0.3) is 10.6 Å². The molecule has 0 atom stereocenters. The Kier molecular flexibility index (Phi) is 1.51. The molecule has 11 heavy (non-hydrogen) atoms. The van der Waals surface area contributed by atoms with Crippen molar-refractivity contribution in [3.63, 3.8) is 0 Å². The summed E-state index contributed by atoms with van der Waals surface area (Å²) in [5.41, 5.74) is 2.19. The normalized spacial score (nSPS) is 10.3. The molecular weight excluding hydrogens is 158 g/mol. The van der Waals surface area contributed by atoms with E-state index in [2.05, 4.69) is 23.5 Å². The number of hydrogen-bond acceptors (Lipinski definition) is 3. The van der Waals surface area contributed by atoms with Gasteiger partial charge >= 0.3 is 0 Å². The fourth-order valence-corrected chi connectivity index (χ4v) is 1.77. The van der Waals surface area contributed by atoms with Crippen LogP contribution in [-0.4, -0.2) is 5.16 Å². The maximum absolute atomic E-state index is 4.73. The minimum atomic E-state index is 0.920. The summed E-state index contributed by atoms with van der Waals surface area (Å²) in [6, 6.07) is 3.97. The summed E-state index contributed by atoms with van der Waals surface area (Å²) in [6.07, 6.45) is 1.59. The van der Waals surface area contributed by atoms with E-state index in [-0.39, 0.29) is 0 Å². The van der Waals surface area contributed by atoms with Crippen LogP contribution in [0.2, 0.25) is 0 Å². The van der Waals surface area contributed by atoms with Crippen LogP contribution in [0.4, 0.5) is 0 Å². The molecule has 0 aliphatic carbocycles. The molecule has 0 radical (unpaired) electrons. The molecule has 0 N–H and O–H groups in total. The Morgan fingerprint density at radius 2 is 2.45 bits per heavy atom. The van der Waals surface area contributed by atoms with Gasteiger partial charge in [-0.15, -0.1) is 11.3 Å². The van der Waals surface area contributed by atoms with Crippen LogP contribution in [0, 0.1) is 6.92 Å². The first kappa shape index (κ1) is 6.61. The first-order chi connectivity index (χ1) is 5.36. The van der Waals surface area contributed by atoms with Gasteiger partial charge in [0.05, 0.1) is 4.88 Å². The van der Waals surface area contributed by atoms with E-state index in [1.165, 1.54) is 5.56 Å². The average molecular weight is 165 g/mol. The van der Waals surface area contributed by atoms with Crippen LogP contribution in [0.5, 0.6) is 0 Å². The predicted molar refractivity (Wildman–Crippen MR) is 44.6 cm³/mol. The zero-order valence-electron chi connectivity index (χ0n) is 6.07. The van der Waals surface area contributed by atoms with Gasteiger partial charge in [-0.2, -0.15) is 0 Å². The van der Waals surface area contributed by atoms with Crippen molar-refractivity contribution >= 4 is 11.3 Å². The lowest BCUT2D eigenvalue weighted by molar-refractivity contribution is 0.422. The number of hydrogen-bond donors (Lipinski definition) is 0. The number of thiophene rings is 1. The van der Waals surface area contributed by atoms with Crippen molar-refractivity contribution in [3.8, 4) is 10.6 Å². The van der Waals surface area contributed by atoms with E-state index < -0.39 is 0 Å². The molecule has 0 aliphatic rings. The second kappa shape index (κ2) is 2.51. The summed E-state index contributed by atoms with van der Waals surface area (Å²) in [7, 11) is 0. The summed E-state index contributed by atoms with van der Waals surface area (Å²) < 4.78 is 4.73. The molecule has 56 valence electrons. The highest BCUT2D eigenvalue weighted by molar-refractivity contribution is 7.13. The first-order valence-electron chi connectivity index (χ1n) is 3.32. The van der Waals surface area contributed by atoms with Crippen molar-refractivity contribution in [1.82, 2.24) is 5.16 Å². The highest BCUT2D eigenvalue weighted by Gasteiger charge is 2.01. The summed E-state index contributed by atoms with van der Waals surface area (Å²) in [5, 5.41) is 5.94. The molecule has 0 unspecified atom stereocenters. The van der Waals surface area contributed by atoms with Crippen LogP contribution in [0.15, 0.2) is 28.3 Å². The zero-order valence-corrected chi connectivity index (χ0v) is 6.89. The van der Waals surface area contributed by atoms with Gasteiger partial charge in [0.25, 0.3) is 0 Å². The fourth-order valence-electron chi connectivity index (χ4n) is 0.905. The standard InChI is InChI=1S/C8H7NOS/c1-6-4-8(11-5-6)7-2-3-10-9-7/h2-5H,1H3. The van der Waals surface area contributed by atoms with Crippen molar-refractivity contribution in [2.75, 3.05) is 0 Å². The van der Waals surface area contributed by atoms with Gasteiger partial charge in [0.15, 0.2) is 0 Å². The third-order valence-corrected chi connectivity index (χ3v) is 2.49. The number of rotatable bonds is 1. The number of nitrogens with zero attached hydrogens (tertiary/aromatic N) is 1. The van der Waals surface area contributed by atoms with E-state index in [1.807, 2.05) is 6.07 Å².